The first-order valence-corrected chi connectivity index (χ1v) is 14.3. The van der Waals surface area contributed by atoms with Gasteiger partial charge in [0.15, 0.2) is 0 Å². The van der Waals surface area contributed by atoms with Crippen molar-refractivity contribution in [3.05, 3.63) is 72.8 Å². The molecule has 9 heteroatoms. The molecule has 0 saturated carbocycles. The Labute approximate surface area is 212 Å². The van der Waals surface area contributed by atoms with Crippen LogP contribution in [-0.4, -0.2) is 73.4 Å². The summed E-state index contributed by atoms with van der Waals surface area (Å²) >= 11 is 2.16. The molecule has 0 aliphatic heterocycles. The summed E-state index contributed by atoms with van der Waals surface area (Å²) in [4.78, 5) is 2.76. The first-order chi connectivity index (χ1) is 13.7. The number of hydrogen-bond donors (Lipinski definition) is 2. The topological polar surface area (TPSA) is 74.6 Å². The minimum atomic E-state index is -4.67. The van der Waals surface area contributed by atoms with Crippen LogP contribution in [0.25, 0.3) is 21.5 Å². The van der Waals surface area contributed by atoms with Gasteiger partial charge in [-0.2, -0.15) is 8.42 Å². The molecule has 0 radical (unpaired) electrons. The Hall–Kier alpha value is -0.0300. The number of hydrogen-bond acceptors (Lipinski definition) is 4. The van der Waals surface area contributed by atoms with Crippen molar-refractivity contribution in [2.75, 3.05) is 0 Å². The van der Waals surface area contributed by atoms with Crippen LogP contribution in [-0.2, 0) is 10.4 Å². The van der Waals surface area contributed by atoms with E-state index in [0.717, 1.165) is 55.9 Å². The summed E-state index contributed by atoms with van der Waals surface area (Å²) in [5.74, 6) is 0. The summed E-state index contributed by atoms with van der Waals surface area (Å²) in [6, 6.07) is 26.6. The average Bonchev–Trinajstić information content (AvgIpc) is 2.65. The SMILES string of the molecule is O=S(=O)(O)O.[Na][c]1cccc2cccc(SSc3cccc4ccc[c]([Na])c34)c12. The predicted octanol–water partition coefficient (Wildman–Crippen LogP) is 3.73. The van der Waals surface area contributed by atoms with E-state index in [1.807, 2.05) is 21.6 Å². The molecule has 0 aromatic heterocycles. The van der Waals surface area contributed by atoms with Gasteiger partial charge in [0.1, 0.15) is 0 Å². The van der Waals surface area contributed by atoms with Gasteiger partial charge < -0.3 is 0 Å². The van der Waals surface area contributed by atoms with Crippen LogP contribution >= 0.6 is 21.6 Å². The van der Waals surface area contributed by atoms with Crippen LogP contribution < -0.4 is 5.63 Å². The van der Waals surface area contributed by atoms with Crippen molar-refractivity contribution in [2.24, 2.45) is 0 Å². The molecule has 0 atom stereocenters. The second kappa shape index (κ2) is 10.5. The molecule has 4 rings (SSSR count). The molecular formula is C20H14Na2O4S3. The number of fused-ring (bicyclic) bond motifs is 2. The van der Waals surface area contributed by atoms with E-state index in [9.17, 15) is 0 Å². The van der Waals surface area contributed by atoms with E-state index in [-0.39, 0.29) is 0 Å². The van der Waals surface area contributed by atoms with Crippen molar-refractivity contribution < 1.29 is 17.5 Å². The number of benzene rings is 4. The van der Waals surface area contributed by atoms with Crippen LogP contribution in [0, 0.1) is 0 Å². The van der Waals surface area contributed by atoms with Gasteiger partial charge in [-0.1, -0.05) is 0 Å². The third-order valence-electron chi connectivity index (χ3n) is 4.37. The Morgan fingerprint density at radius 3 is 1.28 bits per heavy atom. The van der Waals surface area contributed by atoms with Crippen LogP contribution in [0.3, 0.4) is 0 Å². The zero-order chi connectivity index (χ0) is 21.0. The van der Waals surface area contributed by atoms with E-state index in [1.54, 1.807) is 0 Å². The Bertz CT molecular complexity index is 1170. The molecule has 0 spiro atoms. The van der Waals surface area contributed by atoms with Crippen molar-refractivity contribution in [2.45, 2.75) is 9.79 Å². The van der Waals surface area contributed by atoms with Gasteiger partial charge in [0.25, 0.3) is 0 Å². The Morgan fingerprint density at radius 1 is 0.621 bits per heavy atom. The van der Waals surface area contributed by atoms with E-state index in [0.29, 0.717) is 0 Å². The van der Waals surface area contributed by atoms with Gasteiger partial charge in [-0.15, -0.1) is 0 Å². The van der Waals surface area contributed by atoms with Crippen LogP contribution in [0.2, 0.25) is 0 Å². The van der Waals surface area contributed by atoms with Crippen molar-refractivity contribution in [3.8, 4) is 0 Å². The van der Waals surface area contributed by atoms with Crippen molar-refractivity contribution in [1.29, 1.82) is 0 Å². The van der Waals surface area contributed by atoms with Gasteiger partial charge in [0, 0.05) is 0 Å². The molecule has 0 unspecified atom stereocenters. The Kier molecular flexibility index (Phi) is 8.57. The average molecular weight is 461 g/mol. The van der Waals surface area contributed by atoms with Gasteiger partial charge >= 0.3 is 198 Å². The molecule has 0 bridgehead atoms. The maximum absolute atomic E-state index is 8.74. The summed E-state index contributed by atoms with van der Waals surface area (Å²) in [6.45, 7) is 0. The Morgan fingerprint density at radius 2 is 0.931 bits per heavy atom. The van der Waals surface area contributed by atoms with Crippen LogP contribution in [0.1, 0.15) is 0 Å². The first-order valence-electron chi connectivity index (χ1n) is 8.75. The van der Waals surface area contributed by atoms with Gasteiger partial charge in [-0.25, -0.2) is 0 Å². The van der Waals surface area contributed by atoms with E-state index >= 15 is 0 Å². The van der Waals surface area contributed by atoms with Crippen molar-refractivity contribution in [1.82, 2.24) is 0 Å². The molecule has 138 valence electrons. The normalized spacial score (nSPS) is 11.4. The van der Waals surface area contributed by atoms with Crippen LogP contribution in [0.5, 0.6) is 0 Å². The standard InChI is InChI=1S/C20H12S2.2Na.H2O4S/c1-3-11-17-15(7-1)9-5-13-19(17)21-22-20-14-6-10-16-8-2-4-12-18(16)20;;;1-5(2,3)4/h1-10,13-14H;;;(H2,1,2,3,4). The molecule has 0 aliphatic carbocycles. The number of rotatable bonds is 3. The van der Waals surface area contributed by atoms with Gasteiger partial charge in [0.2, 0.25) is 0 Å². The quantitative estimate of drug-likeness (QED) is 0.276. The fourth-order valence-corrected chi connectivity index (χ4v) is 7.61. The second-order valence-corrected chi connectivity index (χ2v) is 11.7. The fraction of sp³-hybridized carbons (Fsp3) is 0. The van der Waals surface area contributed by atoms with Gasteiger partial charge in [-0.05, 0) is 0 Å². The summed E-state index contributed by atoms with van der Waals surface area (Å²) < 4.78 is 34.6. The zero-order valence-electron chi connectivity index (χ0n) is 15.9. The molecule has 0 aliphatic rings. The molecule has 0 heterocycles. The van der Waals surface area contributed by atoms with Crippen LogP contribution in [0.15, 0.2) is 82.6 Å². The van der Waals surface area contributed by atoms with Gasteiger partial charge in [0.05, 0.1) is 0 Å². The third kappa shape index (κ3) is 6.72. The molecule has 0 saturated heterocycles. The summed E-state index contributed by atoms with van der Waals surface area (Å²) in [7, 11) is -0.877. The summed E-state index contributed by atoms with van der Waals surface area (Å²) in [6.07, 6.45) is 0. The van der Waals surface area contributed by atoms with Crippen molar-refractivity contribution >= 4 is 115 Å². The third-order valence-corrected chi connectivity index (χ3v) is 8.49. The van der Waals surface area contributed by atoms with E-state index in [2.05, 4.69) is 72.8 Å². The fourth-order valence-electron chi connectivity index (χ4n) is 3.21. The molecular weight excluding hydrogens is 446 g/mol. The monoisotopic (exact) mass is 460 g/mol. The summed E-state index contributed by atoms with van der Waals surface area (Å²) in [5.41, 5.74) is 0. The molecule has 4 aromatic carbocycles. The zero-order valence-corrected chi connectivity index (χ0v) is 22.3. The molecule has 2 N–H and O–H groups in total. The minimum absolute atomic E-state index is 1.08. The maximum atomic E-state index is 8.74. The molecule has 4 aromatic rings. The van der Waals surface area contributed by atoms with E-state index in [1.165, 1.54) is 37.0 Å². The summed E-state index contributed by atoms with van der Waals surface area (Å²) in [5, 5.41) is 5.59. The molecule has 29 heavy (non-hydrogen) atoms. The van der Waals surface area contributed by atoms with E-state index in [4.69, 9.17) is 17.5 Å². The van der Waals surface area contributed by atoms with Crippen molar-refractivity contribution in [3.63, 3.8) is 0 Å². The molecule has 4 nitrogen and oxygen atoms in total. The van der Waals surface area contributed by atoms with Gasteiger partial charge in [-0.3, -0.25) is 9.11 Å². The van der Waals surface area contributed by atoms with Crippen LogP contribution in [0.4, 0.5) is 0 Å². The first kappa shape index (κ1) is 23.6. The molecule has 0 amide bonds. The predicted molar refractivity (Wildman–Crippen MR) is 125 cm³/mol. The Balaban J connectivity index is 0.000000431. The van der Waals surface area contributed by atoms with E-state index < -0.39 is 10.4 Å². The molecule has 0 fully saturated rings. The second-order valence-electron chi connectivity index (χ2n) is 6.47.